The Kier molecular flexibility index (Phi) is 16.3. The van der Waals surface area contributed by atoms with Crippen LogP contribution >= 0.6 is 11.6 Å². The average Bonchev–Trinajstić information content (AvgIpc) is 3.01. The van der Waals surface area contributed by atoms with Gasteiger partial charge in [-0.05, 0) is 43.7 Å². The van der Waals surface area contributed by atoms with Gasteiger partial charge in [-0.1, -0.05) is 92.6 Å². The number of esters is 1. The van der Waals surface area contributed by atoms with Gasteiger partial charge in [0.2, 0.25) is 11.8 Å². The fraction of sp³-hybridized carbons (Fsp3) is 0.389. The van der Waals surface area contributed by atoms with Crippen molar-refractivity contribution in [3.63, 3.8) is 0 Å². The second-order valence-corrected chi connectivity index (χ2v) is 12.5. The Morgan fingerprint density at radius 1 is 1.06 bits per heavy atom. The highest BCUT2D eigenvalue weighted by molar-refractivity contribution is 6.29. The van der Waals surface area contributed by atoms with Gasteiger partial charge in [0.25, 0.3) is 0 Å². The van der Waals surface area contributed by atoms with Gasteiger partial charge in [-0.2, -0.15) is 0 Å². The topological polar surface area (TPSA) is 132 Å². The van der Waals surface area contributed by atoms with E-state index in [1.54, 1.807) is 61.6 Å². The molecule has 0 spiro atoms. The largest absolute Gasteiger partial charge is 0.490 e. The zero-order valence-electron chi connectivity index (χ0n) is 27.9. The first-order valence-corrected chi connectivity index (χ1v) is 15.7. The number of carbonyl (C=O) groups excluding carboxylic acids is 4. The van der Waals surface area contributed by atoms with Gasteiger partial charge in [0.05, 0.1) is 7.11 Å². The van der Waals surface area contributed by atoms with E-state index >= 15 is 0 Å². The summed E-state index contributed by atoms with van der Waals surface area (Å²) in [5, 5.41) is 8.75. The summed E-state index contributed by atoms with van der Waals surface area (Å²) in [4.78, 5) is 49.9. The van der Waals surface area contributed by atoms with Crippen molar-refractivity contribution >= 4 is 41.2 Å². The molecular weight excluding hydrogens is 622 g/mol. The highest BCUT2D eigenvalue weighted by Gasteiger charge is 2.32. The van der Waals surface area contributed by atoms with Gasteiger partial charge in [0.1, 0.15) is 18.2 Å². The number of halogens is 1. The molecular formula is C36H46ClN3O7. The van der Waals surface area contributed by atoms with E-state index in [1.165, 1.54) is 19.4 Å². The normalized spacial score (nSPS) is 17.2. The minimum atomic E-state index is -0.827. The van der Waals surface area contributed by atoms with Crippen molar-refractivity contribution in [1.82, 2.24) is 10.6 Å². The molecule has 0 bridgehead atoms. The van der Waals surface area contributed by atoms with Crippen LogP contribution in [-0.2, 0) is 28.6 Å². The fourth-order valence-electron chi connectivity index (χ4n) is 4.24. The summed E-state index contributed by atoms with van der Waals surface area (Å²) in [6.07, 6.45) is 15.5. The molecule has 2 unspecified atom stereocenters. The van der Waals surface area contributed by atoms with Crippen LogP contribution in [0.2, 0.25) is 0 Å². The number of rotatable bonds is 15. The molecule has 3 atom stereocenters. The predicted molar refractivity (Wildman–Crippen MR) is 184 cm³/mol. The number of allylic oxidation sites excluding steroid dienone is 5. The number of methoxy groups -OCH3 is 1. The number of carbonyl (C=O) groups is 4. The van der Waals surface area contributed by atoms with Crippen LogP contribution in [0.5, 0.6) is 0 Å². The van der Waals surface area contributed by atoms with E-state index in [1.807, 2.05) is 45.9 Å². The van der Waals surface area contributed by atoms with E-state index in [0.717, 1.165) is 5.57 Å². The summed E-state index contributed by atoms with van der Waals surface area (Å²) < 4.78 is 15.9. The Bertz CT molecular complexity index is 1400. The molecule has 0 saturated carbocycles. The van der Waals surface area contributed by atoms with Crippen LogP contribution in [0, 0.1) is 5.41 Å². The first-order chi connectivity index (χ1) is 22.3. The fourth-order valence-corrected chi connectivity index (χ4v) is 4.33. The minimum absolute atomic E-state index is 0.223. The zero-order chi connectivity index (χ0) is 34.8. The summed E-state index contributed by atoms with van der Waals surface area (Å²) >= 11 is 5.98. The summed E-state index contributed by atoms with van der Waals surface area (Å²) in [5.41, 5.74) is 0.961. The second kappa shape index (κ2) is 19.8. The van der Waals surface area contributed by atoms with Crippen molar-refractivity contribution in [2.45, 2.75) is 78.6 Å². The van der Waals surface area contributed by atoms with Crippen molar-refractivity contribution in [2.75, 3.05) is 12.4 Å². The molecule has 1 aliphatic rings. The summed E-state index contributed by atoms with van der Waals surface area (Å²) in [6, 6.07) is 8.12. The number of amides is 3. The first kappa shape index (κ1) is 38.6. The standard InChI is InChI=1S/C36H46ClN3O7/c1-25(18-20-29-22-23-30(45-6)34(43)46-29)13-10-11-17-31(41)40-32(36(3,4)5)33(42)38-24-12-16-28(21-19-26(2)37)47-35(44)39-27-14-8-7-9-15-27/h7-15,17-19,23-24,28-29,32H,16,20-22H2,1-6H3,(H,38,42)(H,39,44)(H,40,41)/b13-10-,17-11-,24-12-,25-18+,26-19+/t28?,29-,32?/m1/s1. The SMILES string of the molecule is COC1=CC[C@@H](C/C=C(C)/C=C\C=C/C(=O)NC(C(=O)N/C=C\CC(C/C=C(\C)Cl)OC(=O)Nc2ccccc2)C(C)(C)C)OC1=O. The maximum absolute atomic E-state index is 13.1. The van der Waals surface area contributed by atoms with Crippen molar-refractivity contribution in [1.29, 1.82) is 0 Å². The van der Waals surface area contributed by atoms with Crippen molar-refractivity contribution < 1.29 is 33.4 Å². The third-order valence-electron chi connectivity index (χ3n) is 6.79. The lowest BCUT2D eigenvalue weighted by atomic mass is 9.86. The maximum atomic E-state index is 13.1. The quantitative estimate of drug-likeness (QED) is 0.104. The monoisotopic (exact) mass is 667 g/mol. The van der Waals surface area contributed by atoms with Crippen LogP contribution in [0.1, 0.15) is 60.3 Å². The summed E-state index contributed by atoms with van der Waals surface area (Å²) in [7, 11) is 1.43. The van der Waals surface area contributed by atoms with E-state index in [2.05, 4.69) is 16.0 Å². The van der Waals surface area contributed by atoms with Gasteiger partial charge < -0.3 is 24.8 Å². The summed E-state index contributed by atoms with van der Waals surface area (Å²) in [6.45, 7) is 9.20. The number of hydrogen-bond donors (Lipinski definition) is 3. The predicted octanol–water partition coefficient (Wildman–Crippen LogP) is 6.98. The van der Waals surface area contributed by atoms with Gasteiger partial charge in [-0.15, -0.1) is 0 Å². The van der Waals surface area contributed by atoms with Gasteiger partial charge in [0, 0.05) is 42.5 Å². The maximum Gasteiger partial charge on any atom is 0.411 e. The van der Waals surface area contributed by atoms with Crippen LogP contribution in [-0.4, -0.2) is 49.2 Å². The Hall–Kier alpha value is -4.57. The van der Waals surface area contributed by atoms with Crippen LogP contribution < -0.4 is 16.0 Å². The average molecular weight is 668 g/mol. The molecule has 0 aliphatic carbocycles. The van der Waals surface area contributed by atoms with Crippen molar-refractivity contribution in [2.24, 2.45) is 5.41 Å². The third kappa shape index (κ3) is 15.5. The molecule has 1 heterocycles. The smallest absolute Gasteiger partial charge is 0.411 e. The van der Waals surface area contributed by atoms with Gasteiger partial charge in [-0.3, -0.25) is 14.9 Å². The Balaban J connectivity index is 1.89. The first-order valence-electron chi connectivity index (χ1n) is 15.4. The molecule has 11 heteroatoms. The molecule has 0 saturated heterocycles. The lowest BCUT2D eigenvalue weighted by molar-refractivity contribution is -0.149. The molecule has 47 heavy (non-hydrogen) atoms. The second-order valence-electron chi connectivity index (χ2n) is 11.9. The van der Waals surface area contributed by atoms with E-state index in [4.69, 9.17) is 25.8 Å². The lowest BCUT2D eigenvalue weighted by Gasteiger charge is -2.29. The summed E-state index contributed by atoms with van der Waals surface area (Å²) in [5.74, 6) is -1.06. The number of benzene rings is 1. The Labute approximate surface area is 282 Å². The van der Waals surface area contributed by atoms with Crippen molar-refractivity contribution in [3.05, 3.63) is 102 Å². The van der Waals surface area contributed by atoms with E-state index in [-0.39, 0.29) is 11.9 Å². The van der Waals surface area contributed by atoms with Crippen LogP contribution in [0.3, 0.4) is 0 Å². The van der Waals surface area contributed by atoms with Crippen molar-refractivity contribution in [3.8, 4) is 0 Å². The third-order valence-corrected chi connectivity index (χ3v) is 6.95. The van der Waals surface area contributed by atoms with Gasteiger partial charge in [0.15, 0.2) is 5.76 Å². The van der Waals surface area contributed by atoms with Crippen LogP contribution in [0.4, 0.5) is 10.5 Å². The molecule has 254 valence electrons. The molecule has 10 nitrogen and oxygen atoms in total. The number of hydrogen-bond acceptors (Lipinski definition) is 7. The number of nitrogens with one attached hydrogen (secondary N) is 3. The van der Waals surface area contributed by atoms with Crippen LogP contribution in [0.25, 0.3) is 0 Å². The number of ether oxygens (including phenoxy) is 3. The van der Waals surface area contributed by atoms with E-state index in [0.29, 0.717) is 36.4 Å². The Morgan fingerprint density at radius 3 is 2.40 bits per heavy atom. The van der Waals surface area contributed by atoms with Gasteiger partial charge in [-0.25, -0.2) is 9.59 Å². The number of para-hydroxylation sites is 1. The molecule has 0 radical (unpaired) electrons. The molecule has 0 aromatic heterocycles. The number of anilines is 1. The van der Waals surface area contributed by atoms with E-state index < -0.39 is 41.4 Å². The highest BCUT2D eigenvalue weighted by atomic mass is 35.5. The lowest BCUT2D eigenvalue weighted by Crippen LogP contribution is -2.52. The zero-order valence-corrected chi connectivity index (χ0v) is 28.6. The van der Waals surface area contributed by atoms with Crippen LogP contribution in [0.15, 0.2) is 102 Å². The number of cyclic esters (lactones) is 1. The van der Waals surface area contributed by atoms with E-state index in [9.17, 15) is 19.2 Å². The molecule has 1 aliphatic heterocycles. The molecule has 1 aromatic carbocycles. The molecule has 1 aromatic rings. The molecule has 2 rings (SSSR count). The highest BCUT2D eigenvalue weighted by Crippen LogP contribution is 2.20. The molecule has 0 fully saturated rings. The molecule has 3 amide bonds. The minimum Gasteiger partial charge on any atom is -0.490 e. The molecule has 3 N–H and O–H groups in total. The Morgan fingerprint density at radius 2 is 1.77 bits per heavy atom. The van der Waals surface area contributed by atoms with Gasteiger partial charge >= 0.3 is 12.1 Å².